The number of rotatable bonds is 8. The first-order chi connectivity index (χ1) is 8.72. The Labute approximate surface area is 108 Å². The maximum atomic E-state index is 14.0. The Balaban J connectivity index is 2.63. The Morgan fingerprint density at radius 2 is 2.17 bits per heavy atom. The summed E-state index contributed by atoms with van der Waals surface area (Å²) in [7, 11) is 3.36. The van der Waals surface area contributed by atoms with E-state index in [-0.39, 0.29) is 11.9 Å². The molecule has 18 heavy (non-hydrogen) atoms. The molecular weight excluding hydrogens is 233 g/mol. The highest BCUT2D eigenvalue weighted by Crippen LogP contribution is 2.21. The third-order valence-electron chi connectivity index (χ3n) is 2.95. The third kappa shape index (κ3) is 4.27. The molecule has 0 heterocycles. The molecule has 0 aromatic heterocycles. The van der Waals surface area contributed by atoms with E-state index < -0.39 is 0 Å². The van der Waals surface area contributed by atoms with Crippen LogP contribution < -0.4 is 10.1 Å². The summed E-state index contributed by atoms with van der Waals surface area (Å²) < 4.78 is 24.3. The third-order valence-corrected chi connectivity index (χ3v) is 2.95. The van der Waals surface area contributed by atoms with Crippen LogP contribution in [0.25, 0.3) is 0 Å². The molecule has 0 radical (unpaired) electrons. The van der Waals surface area contributed by atoms with Crippen molar-refractivity contribution in [2.75, 3.05) is 27.4 Å². The van der Waals surface area contributed by atoms with Gasteiger partial charge in [-0.3, -0.25) is 0 Å². The van der Waals surface area contributed by atoms with Gasteiger partial charge in [-0.2, -0.15) is 0 Å². The van der Waals surface area contributed by atoms with Crippen molar-refractivity contribution in [1.82, 2.24) is 5.32 Å². The van der Waals surface area contributed by atoms with Crippen LogP contribution in [-0.4, -0.2) is 33.4 Å². The molecular formula is C14H22FNO2. The van der Waals surface area contributed by atoms with Gasteiger partial charge in [-0.15, -0.1) is 0 Å². The molecule has 0 spiro atoms. The van der Waals surface area contributed by atoms with Gasteiger partial charge in [0, 0.05) is 19.3 Å². The summed E-state index contributed by atoms with van der Waals surface area (Å²) in [6.45, 7) is 3.37. The molecule has 0 amide bonds. The minimum Gasteiger partial charge on any atom is -0.494 e. The molecule has 1 unspecified atom stereocenters. The Morgan fingerprint density at radius 1 is 1.39 bits per heavy atom. The second kappa shape index (κ2) is 8.06. The molecule has 1 aromatic carbocycles. The number of likely N-dealkylation sites (N-methyl/N-ethyl adjacent to an activating group) is 1. The van der Waals surface area contributed by atoms with E-state index in [1.54, 1.807) is 12.1 Å². The summed E-state index contributed by atoms with van der Waals surface area (Å²) in [6, 6.07) is 5.45. The van der Waals surface area contributed by atoms with Crippen LogP contribution in [0.2, 0.25) is 0 Å². The van der Waals surface area contributed by atoms with Gasteiger partial charge in [-0.05, 0) is 38.4 Å². The van der Waals surface area contributed by atoms with Gasteiger partial charge in [0.2, 0.25) is 0 Å². The van der Waals surface area contributed by atoms with Crippen LogP contribution in [0.3, 0.4) is 0 Å². The number of ether oxygens (including phenoxy) is 2. The maximum Gasteiger partial charge on any atom is 0.168 e. The van der Waals surface area contributed by atoms with Gasteiger partial charge in [-0.1, -0.05) is 12.1 Å². The van der Waals surface area contributed by atoms with Gasteiger partial charge < -0.3 is 14.8 Å². The summed E-state index contributed by atoms with van der Waals surface area (Å²) in [5, 5.41) is 3.19. The van der Waals surface area contributed by atoms with E-state index in [4.69, 9.17) is 9.47 Å². The minimum atomic E-state index is -0.267. The number of nitrogens with one attached hydrogen (secondary N) is 1. The summed E-state index contributed by atoms with van der Waals surface area (Å²) in [5.74, 6) is 0.0313. The molecule has 0 bridgehead atoms. The lowest BCUT2D eigenvalue weighted by Gasteiger charge is -2.17. The van der Waals surface area contributed by atoms with Crippen LogP contribution >= 0.6 is 0 Å². The number of hydrogen-bond donors (Lipinski definition) is 1. The van der Waals surface area contributed by atoms with Crippen LogP contribution in [0.4, 0.5) is 4.39 Å². The normalized spacial score (nSPS) is 12.4. The zero-order valence-corrected chi connectivity index (χ0v) is 11.3. The predicted octanol–water partition coefficient (Wildman–Crippen LogP) is 2.39. The lowest BCUT2D eigenvalue weighted by atomic mass is 10.0. The molecule has 0 aliphatic carbocycles. The summed E-state index contributed by atoms with van der Waals surface area (Å²) in [6.07, 6.45) is 1.49. The van der Waals surface area contributed by atoms with Crippen LogP contribution in [-0.2, 0) is 11.2 Å². The first-order valence-corrected chi connectivity index (χ1v) is 6.29. The second-order valence-electron chi connectivity index (χ2n) is 4.11. The first kappa shape index (κ1) is 14.9. The van der Waals surface area contributed by atoms with Crippen molar-refractivity contribution in [2.24, 2.45) is 0 Å². The van der Waals surface area contributed by atoms with Crippen LogP contribution in [0.15, 0.2) is 18.2 Å². The number of halogens is 1. The zero-order chi connectivity index (χ0) is 13.4. The summed E-state index contributed by atoms with van der Waals surface area (Å²) in [5.41, 5.74) is 0.671. The summed E-state index contributed by atoms with van der Waals surface area (Å²) >= 11 is 0. The first-order valence-electron chi connectivity index (χ1n) is 6.29. The molecule has 4 heteroatoms. The van der Waals surface area contributed by atoms with E-state index in [0.29, 0.717) is 30.9 Å². The highest BCUT2D eigenvalue weighted by atomic mass is 19.1. The Kier molecular flexibility index (Phi) is 6.68. The molecule has 1 N–H and O–H groups in total. The van der Waals surface area contributed by atoms with Gasteiger partial charge >= 0.3 is 0 Å². The van der Waals surface area contributed by atoms with E-state index in [0.717, 1.165) is 6.42 Å². The molecule has 0 fully saturated rings. The fraction of sp³-hybridized carbons (Fsp3) is 0.571. The lowest BCUT2D eigenvalue weighted by Crippen LogP contribution is -2.29. The van der Waals surface area contributed by atoms with Crippen LogP contribution in [0.5, 0.6) is 5.75 Å². The molecule has 0 saturated heterocycles. The predicted molar refractivity (Wildman–Crippen MR) is 70.6 cm³/mol. The number of hydrogen-bond acceptors (Lipinski definition) is 3. The Hall–Kier alpha value is -1.13. The average Bonchev–Trinajstić information content (AvgIpc) is 2.40. The van der Waals surface area contributed by atoms with Gasteiger partial charge in [0.1, 0.15) is 0 Å². The minimum absolute atomic E-state index is 0.207. The average molecular weight is 255 g/mol. The fourth-order valence-electron chi connectivity index (χ4n) is 1.86. The standard InChI is InChI=1S/C14H22FNO2/c1-4-18-9-8-12(16-2)10-11-6-5-7-13(17-3)14(11)15/h5-7,12,16H,4,8-10H2,1-3H3. The highest BCUT2D eigenvalue weighted by Gasteiger charge is 2.13. The molecule has 1 aromatic rings. The topological polar surface area (TPSA) is 30.5 Å². The smallest absolute Gasteiger partial charge is 0.168 e. The Bertz CT molecular complexity index is 358. The fourth-order valence-corrected chi connectivity index (χ4v) is 1.86. The SMILES string of the molecule is CCOCCC(Cc1cccc(OC)c1F)NC. The molecule has 0 aliphatic heterocycles. The number of benzene rings is 1. The van der Waals surface area contributed by atoms with Crippen molar-refractivity contribution in [3.8, 4) is 5.75 Å². The van der Waals surface area contributed by atoms with Crippen LogP contribution in [0, 0.1) is 5.82 Å². The highest BCUT2D eigenvalue weighted by molar-refractivity contribution is 5.31. The van der Waals surface area contributed by atoms with E-state index in [1.807, 2.05) is 20.0 Å². The van der Waals surface area contributed by atoms with E-state index in [9.17, 15) is 4.39 Å². The molecule has 0 saturated carbocycles. The maximum absolute atomic E-state index is 14.0. The second-order valence-corrected chi connectivity index (χ2v) is 4.11. The van der Waals surface area contributed by atoms with Crippen molar-refractivity contribution in [1.29, 1.82) is 0 Å². The lowest BCUT2D eigenvalue weighted by molar-refractivity contribution is 0.137. The molecule has 1 atom stereocenters. The Morgan fingerprint density at radius 3 is 2.78 bits per heavy atom. The van der Waals surface area contributed by atoms with Crippen LogP contribution in [0.1, 0.15) is 18.9 Å². The largest absolute Gasteiger partial charge is 0.494 e. The van der Waals surface area contributed by atoms with Crippen molar-refractivity contribution < 1.29 is 13.9 Å². The molecule has 0 aliphatic rings. The van der Waals surface area contributed by atoms with Crippen molar-refractivity contribution >= 4 is 0 Å². The van der Waals surface area contributed by atoms with Gasteiger partial charge in [0.25, 0.3) is 0 Å². The monoisotopic (exact) mass is 255 g/mol. The summed E-state index contributed by atoms with van der Waals surface area (Å²) in [4.78, 5) is 0. The van der Waals surface area contributed by atoms with E-state index in [2.05, 4.69) is 5.32 Å². The van der Waals surface area contributed by atoms with Gasteiger partial charge in [0.05, 0.1) is 7.11 Å². The van der Waals surface area contributed by atoms with Crippen molar-refractivity contribution in [2.45, 2.75) is 25.8 Å². The zero-order valence-electron chi connectivity index (χ0n) is 11.3. The number of methoxy groups -OCH3 is 1. The van der Waals surface area contributed by atoms with Crippen molar-refractivity contribution in [3.05, 3.63) is 29.6 Å². The quantitative estimate of drug-likeness (QED) is 0.724. The van der Waals surface area contributed by atoms with Gasteiger partial charge in [-0.25, -0.2) is 4.39 Å². The molecule has 1 rings (SSSR count). The van der Waals surface area contributed by atoms with E-state index in [1.165, 1.54) is 7.11 Å². The molecule has 3 nitrogen and oxygen atoms in total. The molecule has 102 valence electrons. The van der Waals surface area contributed by atoms with E-state index >= 15 is 0 Å². The van der Waals surface area contributed by atoms with Gasteiger partial charge in [0.15, 0.2) is 11.6 Å². The van der Waals surface area contributed by atoms with Crippen molar-refractivity contribution in [3.63, 3.8) is 0 Å².